The lowest BCUT2D eigenvalue weighted by atomic mass is 9.76. The van der Waals surface area contributed by atoms with Crippen molar-refractivity contribution in [1.29, 1.82) is 0 Å². The number of carbonyl (C=O) groups excluding carboxylic acids is 2. The highest BCUT2D eigenvalue weighted by Crippen LogP contribution is 2.48. The highest BCUT2D eigenvalue weighted by Gasteiger charge is 2.56. The van der Waals surface area contributed by atoms with E-state index in [0.29, 0.717) is 26.1 Å². The Morgan fingerprint density at radius 1 is 1.12 bits per heavy atom. The van der Waals surface area contributed by atoms with Crippen molar-refractivity contribution in [1.82, 2.24) is 14.8 Å². The summed E-state index contributed by atoms with van der Waals surface area (Å²) in [5.41, 5.74) is 4.38. The van der Waals surface area contributed by atoms with E-state index in [1.54, 1.807) is 16.9 Å². The van der Waals surface area contributed by atoms with Crippen LogP contribution in [0.25, 0.3) is 10.9 Å². The summed E-state index contributed by atoms with van der Waals surface area (Å²) in [7, 11) is 1.65. The Morgan fingerprint density at radius 3 is 2.61 bits per heavy atom. The number of piperazine rings is 1. The number of H-pyrrole nitrogens is 1. The summed E-state index contributed by atoms with van der Waals surface area (Å²) >= 11 is 0. The Morgan fingerprint density at radius 2 is 1.88 bits per heavy atom. The fraction of sp³-hybridized carbons (Fsp3) is 0.407. The average molecular weight is 446 g/mol. The van der Waals surface area contributed by atoms with Crippen LogP contribution >= 0.6 is 0 Å². The lowest BCUT2D eigenvalue weighted by molar-refractivity contribution is -0.166. The number of aryl methyl sites for hydroxylation is 1. The van der Waals surface area contributed by atoms with Crippen molar-refractivity contribution in [2.24, 2.45) is 0 Å². The molecule has 3 heterocycles. The number of rotatable bonds is 6. The smallest absolute Gasteiger partial charge is 0.254 e. The van der Waals surface area contributed by atoms with Crippen molar-refractivity contribution in [3.05, 3.63) is 70.9 Å². The minimum absolute atomic E-state index is 0.00555. The van der Waals surface area contributed by atoms with Gasteiger partial charge in [-0.15, -0.1) is 0 Å². The fourth-order valence-electron chi connectivity index (χ4n) is 5.54. The topological polar surface area (TPSA) is 65.6 Å². The Bertz CT molecular complexity index is 1200. The second kappa shape index (κ2) is 8.34. The zero-order valence-corrected chi connectivity index (χ0v) is 19.6. The van der Waals surface area contributed by atoms with Crippen molar-refractivity contribution in [3.8, 4) is 0 Å². The Kier molecular flexibility index (Phi) is 5.49. The fourth-order valence-corrected chi connectivity index (χ4v) is 5.54. The van der Waals surface area contributed by atoms with Gasteiger partial charge in [0.25, 0.3) is 5.91 Å². The molecule has 2 aromatic carbocycles. The SMILES string of the molecule is CCc1ccc([C@H]2CN3C(=O)CN(CCCOC)C(=O)[C@]3(C)c3[nH]c4ccccc4c32)cc1. The lowest BCUT2D eigenvalue weighted by Crippen LogP contribution is -2.67. The first-order valence-corrected chi connectivity index (χ1v) is 11.8. The first kappa shape index (κ1) is 21.7. The average Bonchev–Trinajstić information content (AvgIpc) is 3.23. The maximum atomic E-state index is 13.9. The van der Waals surface area contributed by atoms with Crippen LogP contribution in [0.15, 0.2) is 48.5 Å². The third kappa shape index (κ3) is 3.35. The zero-order chi connectivity index (χ0) is 23.2. The quantitative estimate of drug-likeness (QED) is 0.587. The highest BCUT2D eigenvalue weighted by molar-refractivity contribution is 6.01. The highest BCUT2D eigenvalue weighted by atomic mass is 16.5. The molecule has 1 N–H and O–H groups in total. The number of hydrogen-bond acceptors (Lipinski definition) is 3. The van der Waals surface area contributed by atoms with Gasteiger partial charge in [-0.1, -0.05) is 49.4 Å². The van der Waals surface area contributed by atoms with Crippen LogP contribution in [0.3, 0.4) is 0 Å². The number of aromatic amines is 1. The molecule has 0 radical (unpaired) electrons. The number of ether oxygens (including phenoxy) is 1. The second-order valence-corrected chi connectivity index (χ2v) is 9.26. The van der Waals surface area contributed by atoms with Gasteiger partial charge in [-0.3, -0.25) is 9.59 Å². The third-order valence-electron chi connectivity index (χ3n) is 7.38. The monoisotopic (exact) mass is 445 g/mol. The van der Waals surface area contributed by atoms with Gasteiger partial charge < -0.3 is 19.5 Å². The molecule has 33 heavy (non-hydrogen) atoms. The summed E-state index contributed by atoms with van der Waals surface area (Å²) in [6.07, 6.45) is 1.69. The van der Waals surface area contributed by atoms with E-state index < -0.39 is 5.54 Å². The van der Waals surface area contributed by atoms with Gasteiger partial charge in [-0.2, -0.15) is 0 Å². The number of carbonyl (C=O) groups is 2. The number of nitrogens with one attached hydrogen (secondary N) is 1. The molecule has 2 aliphatic rings. The molecular formula is C27H31N3O3. The first-order valence-electron chi connectivity index (χ1n) is 11.8. The van der Waals surface area contributed by atoms with Gasteiger partial charge in [0.1, 0.15) is 0 Å². The van der Waals surface area contributed by atoms with E-state index in [0.717, 1.165) is 28.6 Å². The van der Waals surface area contributed by atoms with Crippen molar-refractivity contribution in [2.75, 3.05) is 33.4 Å². The van der Waals surface area contributed by atoms with Crippen molar-refractivity contribution >= 4 is 22.7 Å². The molecule has 172 valence electrons. The molecule has 1 aromatic heterocycles. The lowest BCUT2D eigenvalue weighted by Gasteiger charge is -2.51. The maximum absolute atomic E-state index is 13.9. The number of nitrogens with zero attached hydrogens (tertiary/aromatic N) is 2. The molecule has 6 heteroatoms. The van der Waals surface area contributed by atoms with Crippen LogP contribution in [0.1, 0.15) is 48.6 Å². The summed E-state index contributed by atoms with van der Waals surface area (Å²) in [5.74, 6) is -0.0216. The predicted molar refractivity (Wildman–Crippen MR) is 128 cm³/mol. The Hall–Kier alpha value is -3.12. The normalized spacial score (nSPS) is 22.6. The largest absolute Gasteiger partial charge is 0.385 e. The molecule has 0 unspecified atom stereocenters. The van der Waals surface area contributed by atoms with Crippen LogP contribution in [0.4, 0.5) is 0 Å². The Balaban J connectivity index is 1.65. The number of para-hydroxylation sites is 1. The Labute approximate surface area is 194 Å². The summed E-state index contributed by atoms with van der Waals surface area (Å²) in [6, 6.07) is 16.9. The third-order valence-corrected chi connectivity index (χ3v) is 7.38. The first-order chi connectivity index (χ1) is 16.0. The summed E-state index contributed by atoms with van der Waals surface area (Å²) < 4.78 is 5.16. The van der Waals surface area contributed by atoms with Gasteiger partial charge in [0, 0.05) is 43.6 Å². The zero-order valence-electron chi connectivity index (χ0n) is 19.6. The van der Waals surface area contributed by atoms with E-state index in [9.17, 15) is 9.59 Å². The number of hydrogen-bond donors (Lipinski definition) is 1. The summed E-state index contributed by atoms with van der Waals surface area (Å²) in [6.45, 7) is 5.74. The van der Waals surface area contributed by atoms with Crippen LogP contribution in [-0.4, -0.2) is 59.9 Å². The molecule has 0 saturated carbocycles. The van der Waals surface area contributed by atoms with Crippen molar-refractivity contribution in [2.45, 2.75) is 38.1 Å². The molecule has 0 bridgehead atoms. The number of fused-ring (bicyclic) bond motifs is 5. The molecule has 2 atom stereocenters. The van der Waals surface area contributed by atoms with Crippen LogP contribution in [-0.2, 0) is 26.3 Å². The van der Waals surface area contributed by atoms with Gasteiger partial charge in [-0.05, 0) is 42.5 Å². The van der Waals surface area contributed by atoms with Crippen LogP contribution in [0, 0.1) is 0 Å². The molecule has 0 spiro atoms. The number of amides is 2. The standard InChI is InChI=1S/C27H31N3O3/c1-4-18-10-12-19(13-11-18)21-16-30-23(31)17-29(14-7-15-33-3)26(32)27(30,2)25-24(21)20-8-5-6-9-22(20)28-25/h5-6,8-13,21,28H,4,7,14-17H2,1-3H3/t21-,27+/m1/s1. The van der Waals surface area contributed by atoms with Crippen LogP contribution in [0.5, 0.6) is 0 Å². The van der Waals surface area contributed by atoms with E-state index in [2.05, 4.69) is 42.2 Å². The minimum atomic E-state index is -1.05. The van der Waals surface area contributed by atoms with Crippen LogP contribution < -0.4 is 0 Å². The predicted octanol–water partition coefficient (Wildman–Crippen LogP) is 3.80. The molecular weight excluding hydrogens is 414 g/mol. The van der Waals surface area contributed by atoms with Gasteiger partial charge in [0.05, 0.1) is 12.2 Å². The van der Waals surface area contributed by atoms with E-state index in [1.807, 2.05) is 25.1 Å². The summed E-state index contributed by atoms with van der Waals surface area (Å²) in [4.78, 5) is 34.3. The maximum Gasteiger partial charge on any atom is 0.254 e. The van der Waals surface area contributed by atoms with E-state index in [-0.39, 0.29) is 24.3 Å². The van der Waals surface area contributed by atoms with E-state index >= 15 is 0 Å². The number of methoxy groups -OCH3 is 1. The van der Waals surface area contributed by atoms with Gasteiger partial charge >= 0.3 is 0 Å². The van der Waals surface area contributed by atoms with Crippen molar-refractivity contribution in [3.63, 3.8) is 0 Å². The molecule has 1 saturated heterocycles. The second-order valence-electron chi connectivity index (χ2n) is 9.26. The number of aromatic nitrogens is 1. The van der Waals surface area contributed by atoms with Gasteiger partial charge in [-0.25, -0.2) is 0 Å². The minimum Gasteiger partial charge on any atom is -0.385 e. The molecule has 6 nitrogen and oxygen atoms in total. The molecule has 2 amide bonds. The molecule has 5 rings (SSSR count). The summed E-state index contributed by atoms with van der Waals surface area (Å²) in [5, 5.41) is 1.12. The van der Waals surface area contributed by atoms with Crippen LogP contribution in [0.2, 0.25) is 0 Å². The van der Waals surface area contributed by atoms with Gasteiger partial charge in [0.2, 0.25) is 5.91 Å². The molecule has 0 aliphatic carbocycles. The van der Waals surface area contributed by atoms with Gasteiger partial charge in [0.15, 0.2) is 5.54 Å². The van der Waals surface area contributed by atoms with E-state index in [1.165, 1.54) is 11.1 Å². The van der Waals surface area contributed by atoms with E-state index in [4.69, 9.17) is 4.74 Å². The molecule has 1 fully saturated rings. The molecule has 3 aromatic rings. The molecule has 2 aliphatic heterocycles. The van der Waals surface area contributed by atoms with Crippen molar-refractivity contribution < 1.29 is 14.3 Å². The number of benzene rings is 2.